The second-order valence-corrected chi connectivity index (χ2v) is 3.13. The maximum absolute atomic E-state index is 5.03. The Kier molecular flexibility index (Phi) is 3.11. The lowest BCUT2D eigenvalue weighted by Gasteiger charge is -1.97. The van der Waals surface area contributed by atoms with E-state index in [1.165, 1.54) is 0 Å². The molecule has 0 bridgehead atoms. The summed E-state index contributed by atoms with van der Waals surface area (Å²) in [6, 6.07) is 3.59. The standard InChI is InChI=1S/C10H12N4O2/c1-11-6-9-13-10(14-16-9)7-3-4-8(15-2)12-5-7/h3-5,11H,6H2,1-2H3. The molecule has 2 aromatic rings. The molecule has 0 aliphatic rings. The summed E-state index contributed by atoms with van der Waals surface area (Å²) in [6.45, 7) is 0.552. The van der Waals surface area contributed by atoms with Crippen molar-refractivity contribution in [2.45, 2.75) is 6.54 Å². The summed E-state index contributed by atoms with van der Waals surface area (Å²) in [5.74, 6) is 1.64. The highest BCUT2D eigenvalue weighted by Gasteiger charge is 2.08. The zero-order chi connectivity index (χ0) is 11.4. The van der Waals surface area contributed by atoms with Gasteiger partial charge in [0, 0.05) is 17.8 Å². The summed E-state index contributed by atoms with van der Waals surface area (Å²) in [5.41, 5.74) is 0.798. The van der Waals surface area contributed by atoms with Gasteiger partial charge in [0.25, 0.3) is 0 Å². The SMILES string of the molecule is CNCc1nc(-c2ccc(OC)nc2)no1. The lowest BCUT2D eigenvalue weighted by atomic mass is 10.3. The molecule has 0 saturated carbocycles. The van der Waals surface area contributed by atoms with Gasteiger partial charge in [0.05, 0.1) is 13.7 Å². The van der Waals surface area contributed by atoms with Crippen molar-refractivity contribution < 1.29 is 9.26 Å². The lowest BCUT2D eigenvalue weighted by molar-refractivity contribution is 0.372. The van der Waals surface area contributed by atoms with Crippen molar-refractivity contribution >= 4 is 0 Å². The van der Waals surface area contributed by atoms with Crippen LogP contribution in [0.1, 0.15) is 5.89 Å². The van der Waals surface area contributed by atoms with Gasteiger partial charge in [-0.3, -0.25) is 0 Å². The van der Waals surface area contributed by atoms with Crippen LogP contribution in [-0.4, -0.2) is 29.3 Å². The number of hydrogen-bond acceptors (Lipinski definition) is 6. The van der Waals surface area contributed by atoms with Crippen LogP contribution in [-0.2, 0) is 6.54 Å². The molecule has 6 nitrogen and oxygen atoms in total. The monoisotopic (exact) mass is 220 g/mol. The molecule has 0 saturated heterocycles. The van der Waals surface area contributed by atoms with Gasteiger partial charge >= 0.3 is 0 Å². The van der Waals surface area contributed by atoms with E-state index in [9.17, 15) is 0 Å². The van der Waals surface area contributed by atoms with E-state index in [4.69, 9.17) is 9.26 Å². The van der Waals surface area contributed by atoms with Crippen molar-refractivity contribution in [3.05, 3.63) is 24.2 Å². The van der Waals surface area contributed by atoms with Crippen LogP contribution in [0.15, 0.2) is 22.9 Å². The summed E-state index contributed by atoms with van der Waals surface area (Å²) < 4.78 is 10.00. The fraction of sp³-hybridized carbons (Fsp3) is 0.300. The fourth-order valence-electron chi connectivity index (χ4n) is 1.23. The molecule has 2 rings (SSSR count). The lowest BCUT2D eigenvalue weighted by Crippen LogP contribution is -2.04. The smallest absolute Gasteiger partial charge is 0.240 e. The molecule has 6 heteroatoms. The number of rotatable bonds is 4. The number of nitrogens with one attached hydrogen (secondary N) is 1. The van der Waals surface area contributed by atoms with E-state index in [1.54, 1.807) is 19.4 Å². The average molecular weight is 220 g/mol. The van der Waals surface area contributed by atoms with Crippen LogP contribution in [0, 0.1) is 0 Å². The van der Waals surface area contributed by atoms with Gasteiger partial charge < -0.3 is 14.6 Å². The minimum atomic E-state index is 0.528. The van der Waals surface area contributed by atoms with Crippen molar-refractivity contribution in [2.75, 3.05) is 14.2 Å². The van der Waals surface area contributed by atoms with Crippen molar-refractivity contribution in [1.82, 2.24) is 20.4 Å². The summed E-state index contributed by atoms with van der Waals surface area (Å²) in [6.07, 6.45) is 1.65. The third-order valence-corrected chi connectivity index (χ3v) is 2.00. The zero-order valence-corrected chi connectivity index (χ0v) is 9.10. The van der Waals surface area contributed by atoms with Gasteiger partial charge in [-0.15, -0.1) is 0 Å². The third-order valence-electron chi connectivity index (χ3n) is 2.00. The fourth-order valence-corrected chi connectivity index (χ4v) is 1.23. The molecule has 0 aliphatic carbocycles. The van der Waals surface area contributed by atoms with Crippen LogP contribution in [0.2, 0.25) is 0 Å². The first-order valence-corrected chi connectivity index (χ1v) is 4.81. The summed E-state index contributed by atoms with van der Waals surface area (Å²) in [5, 5.41) is 6.79. The Bertz CT molecular complexity index is 452. The topological polar surface area (TPSA) is 73.1 Å². The van der Waals surface area contributed by atoms with E-state index in [-0.39, 0.29) is 0 Å². The van der Waals surface area contributed by atoms with Gasteiger partial charge in [-0.1, -0.05) is 5.16 Å². The maximum atomic E-state index is 5.03. The van der Waals surface area contributed by atoms with Gasteiger partial charge in [0.2, 0.25) is 17.6 Å². The first-order valence-electron chi connectivity index (χ1n) is 4.81. The van der Waals surface area contributed by atoms with Crippen LogP contribution >= 0.6 is 0 Å². The number of hydrogen-bond donors (Lipinski definition) is 1. The molecular formula is C10H12N4O2. The minimum Gasteiger partial charge on any atom is -0.481 e. The highest BCUT2D eigenvalue weighted by molar-refractivity contribution is 5.52. The average Bonchev–Trinajstić information content (AvgIpc) is 2.78. The molecule has 0 aromatic carbocycles. The molecule has 2 heterocycles. The van der Waals surface area contributed by atoms with Crippen molar-refractivity contribution in [3.63, 3.8) is 0 Å². The first-order chi connectivity index (χ1) is 7.83. The maximum Gasteiger partial charge on any atom is 0.240 e. The Morgan fingerprint density at radius 3 is 2.94 bits per heavy atom. The molecule has 0 radical (unpaired) electrons. The second kappa shape index (κ2) is 4.71. The molecule has 2 aromatic heterocycles. The number of methoxy groups -OCH3 is 1. The molecular weight excluding hydrogens is 208 g/mol. The van der Waals surface area contributed by atoms with Gasteiger partial charge in [-0.25, -0.2) is 4.98 Å². The number of aromatic nitrogens is 3. The molecule has 0 amide bonds. The Hall–Kier alpha value is -1.95. The van der Waals surface area contributed by atoms with Crippen LogP contribution in [0.3, 0.4) is 0 Å². The molecule has 0 fully saturated rings. The van der Waals surface area contributed by atoms with Crippen molar-refractivity contribution in [1.29, 1.82) is 0 Å². The highest BCUT2D eigenvalue weighted by Crippen LogP contribution is 2.16. The van der Waals surface area contributed by atoms with E-state index < -0.39 is 0 Å². The highest BCUT2D eigenvalue weighted by atomic mass is 16.5. The molecule has 0 unspecified atom stereocenters. The van der Waals surface area contributed by atoms with Gasteiger partial charge in [-0.2, -0.15) is 4.98 Å². The van der Waals surface area contributed by atoms with Crippen molar-refractivity contribution in [3.8, 4) is 17.3 Å². The Labute approximate surface area is 92.7 Å². The third kappa shape index (κ3) is 2.17. The van der Waals surface area contributed by atoms with E-state index >= 15 is 0 Å². The quantitative estimate of drug-likeness (QED) is 0.823. The van der Waals surface area contributed by atoms with E-state index in [1.807, 2.05) is 13.1 Å². The van der Waals surface area contributed by atoms with Gasteiger partial charge in [-0.05, 0) is 13.1 Å². The molecule has 84 valence electrons. The molecule has 0 spiro atoms. The predicted molar refractivity (Wildman–Crippen MR) is 56.8 cm³/mol. The van der Waals surface area contributed by atoms with Gasteiger partial charge in [0.15, 0.2) is 0 Å². The van der Waals surface area contributed by atoms with E-state index in [0.717, 1.165) is 5.56 Å². The van der Waals surface area contributed by atoms with Crippen LogP contribution in [0.4, 0.5) is 0 Å². The summed E-state index contributed by atoms with van der Waals surface area (Å²) >= 11 is 0. The van der Waals surface area contributed by atoms with Crippen LogP contribution in [0.5, 0.6) is 5.88 Å². The van der Waals surface area contributed by atoms with E-state index in [2.05, 4.69) is 20.4 Å². The number of nitrogens with zero attached hydrogens (tertiary/aromatic N) is 3. The number of ether oxygens (including phenoxy) is 1. The molecule has 0 aliphatic heterocycles. The summed E-state index contributed by atoms with van der Waals surface area (Å²) in [4.78, 5) is 8.27. The normalized spacial score (nSPS) is 10.4. The Morgan fingerprint density at radius 2 is 2.31 bits per heavy atom. The Morgan fingerprint density at radius 1 is 1.44 bits per heavy atom. The number of pyridine rings is 1. The molecule has 0 atom stereocenters. The second-order valence-electron chi connectivity index (χ2n) is 3.13. The Balaban J connectivity index is 2.21. The first kappa shape index (κ1) is 10.6. The minimum absolute atomic E-state index is 0.528. The predicted octanol–water partition coefficient (Wildman–Crippen LogP) is 0.860. The molecule has 16 heavy (non-hydrogen) atoms. The van der Waals surface area contributed by atoms with Crippen molar-refractivity contribution in [2.24, 2.45) is 0 Å². The largest absolute Gasteiger partial charge is 0.481 e. The van der Waals surface area contributed by atoms with Crippen LogP contribution in [0.25, 0.3) is 11.4 Å². The summed E-state index contributed by atoms with van der Waals surface area (Å²) in [7, 11) is 3.39. The molecule has 1 N–H and O–H groups in total. The van der Waals surface area contributed by atoms with E-state index in [0.29, 0.717) is 24.1 Å². The zero-order valence-electron chi connectivity index (χ0n) is 9.10. The van der Waals surface area contributed by atoms with Gasteiger partial charge in [0.1, 0.15) is 0 Å². The van der Waals surface area contributed by atoms with Crippen LogP contribution < -0.4 is 10.1 Å².